The molecule has 2 unspecified atom stereocenters. The lowest BCUT2D eigenvalue weighted by Crippen LogP contribution is -2.28. The number of nitrogen functional groups attached to an aromatic ring is 1. The first-order chi connectivity index (χ1) is 9.27. The van der Waals surface area contributed by atoms with E-state index in [1.807, 2.05) is 0 Å². The van der Waals surface area contributed by atoms with Gasteiger partial charge in [-0.15, -0.1) is 0 Å². The Hall–Kier alpha value is -1.23. The van der Waals surface area contributed by atoms with Crippen LogP contribution >= 0.6 is 11.3 Å². The molecule has 20 heavy (non-hydrogen) atoms. The highest BCUT2D eigenvalue weighted by atomic mass is 32.2. The van der Waals surface area contributed by atoms with Crippen molar-refractivity contribution in [3.63, 3.8) is 0 Å². The Morgan fingerprint density at radius 3 is 2.65 bits per heavy atom. The number of hydrazine groups is 1. The molecule has 1 fully saturated rings. The zero-order chi connectivity index (χ0) is 15.1. The second kappa shape index (κ2) is 5.28. The number of nitrogens with two attached hydrogens (primary N) is 1. The Morgan fingerprint density at radius 2 is 2.25 bits per heavy atom. The summed E-state index contributed by atoms with van der Waals surface area (Å²) in [6, 6.07) is 1.04. The zero-order valence-electron chi connectivity index (χ0n) is 11.1. The number of nitrogens with one attached hydrogen (secondary N) is 1. The van der Waals surface area contributed by atoms with E-state index in [0.29, 0.717) is 18.4 Å². The van der Waals surface area contributed by atoms with Gasteiger partial charge in [0.05, 0.1) is 4.92 Å². The summed E-state index contributed by atoms with van der Waals surface area (Å²) < 4.78 is 25.9. The van der Waals surface area contributed by atoms with Crippen molar-refractivity contribution in [2.45, 2.75) is 17.6 Å². The first kappa shape index (κ1) is 15.2. The average Bonchev–Trinajstić information content (AvgIpc) is 2.92. The fourth-order valence-electron chi connectivity index (χ4n) is 1.96. The van der Waals surface area contributed by atoms with Gasteiger partial charge >= 0.3 is 5.69 Å². The molecule has 1 saturated carbocycles. The van der Waals surface area contributed by atoms with Gasteiger partial charge in [0.25, 0.3) is 10.0 Å². The molecule has 0 aromatic carbocycles. The molecule has 0 bridgehead atoms. The van der Waals surface area contributed by atoms with Crippen LogP contribution in [0.15, 0.2) is 10.3 Å². The van der Waals surface area contributed by atoms with Crippen LogP contribution in [0.2, 0.25) is 0 Å². The molecule has 1 aliphatic rings. The van der Waals surface area contributed by atoms with Crippen molar-refractivity contribution < 1.29 is 13.3 Å². The molecule has 2 atom stereocenters. The van der Waals surface area contributed by atoms with E-state index in [9.17, 15) is 18.5 Å². The van der Waals surface area contributed by atoms with E-state index in [1.165, 1.54) is 11.4 Å². The molecule has 1 aliphatic carbocycles. The summed E-state index contributed by atoms with van der Waals surface area (Å²) in [5.41, 5.74) is 1.83. The van der Waals surface area contributed by atoms with Crippen molar-refractivity contribution in [3.8, 4) is 0 Å². The van der Waals surface area contributed by atoms with E-state index < -0.39 is 14.9 Å². The molecule has 0 aliphatic heterocycles. The van der Waals surface area contributed by atoms with Crippen molar-refractivity contribution in [1.29, 1.82) is 0 Å². The number of sulfonamides is 1. The third-order valence-electron chi connectivity index (χ3n) is 3.45. The number of nitrogens with zero attached hydrogens (tertiary/aromatic N) is 2. The Kier molecular flexibility index (Phi) is 4.00. The summed E-state index contributed by atoms with van der Waals surface area (Å²) in [6.07, 6.45) is 1.01. The molecule has 0 amide bonds. The molecule has 10 heteroatoms. The Balaban J connectivity index is 2.26. The minimum Gasteiger partial charge on any atom is -0.310 e. The quantitative estimate of drug-likeness (QED) is 0.462. The minimum atomic E-state index is -3.71. The first-order valence-electron chi connectivity index (χ1n) is 5.98. The third kappa shape index (κ3) is 2.77. The van der Waals surface area contributed by atoms with Gasteiger partial charge in [0, 0.05) is 19.7 Å². The van der Waals surface area contributed by atoms with Crippen molar-refractivity contribution in [1.82, 2.24) is 4.31 Å². The summed E-state index contributed by atoms with van der Waals surface area (Å²) >= 11 is 0.764. The van der Waals surface area contributed by atoms with Gasteiger partial charge in [-0.3, -0.25) is 10.1 Å². The minimum absolute atomic E-state index is 0.0294. The Bertz CT molecular complexity index is 627. The SMILES string of the molecule is CC1CC1CN(C)S(=O)(=O)c1cc([N+](=O)[O-])c(NN)s1. The highest BCUT2D eigenvalue weighted by molar-refractivity contribution is 7.91. The van der Waals surface area contributed by atoms with E-state index >= 15 is 0 Å². The standard InChI is InChI=1S/C10H16N4O4S2/c1-6-3-7(6)5-13(2)20(17,18)9-4-8(14(15)16)10(12-11)19-9/h4,6-7,12H,3,5,11H2,1-2H3. The lowest BCUT2D eigenvalue weighted by molar-refractivity contribution is -0.383. The number of rotatable bonds is 6. The van der Waals surface area contributed by atoms with E-state index in [4.69, 9.17) is 5.84 Å². The number of hydrogen-bond donors (Lipinski definition) is 2. The molecule has 1 heterocycles. The molecular weight excluding hydrogens is 304 g/mol. The van der Waals surface area contributed by atoms with Crippen LogP contribution in [0, 0.1) is 22.0 Å². The number of anilines is 1. The first-order valence-corrected chi connectivity index (χ1v) is 8.24. The van der Waals surface area contributed by atoms with Crippen molar-refractivity contribution in [2.75, 3.05) is 19.0 Å². The lowest BCUT2D eigenvalue weighted by atomic mass is 10.3. The zero-order valence-corrected chi connectivity index (χ0v) is 12.7. The van der Waals surface area contributed by atoms with Gasteiger partial charge in [-0.05, 0) is 18.3 Å². The second-order valence-electron chi connectivity index (χ2n) is 4.94. The molecule has 1 aromatic rings. The van der Waals surface area contributed by atoms with Gasteiger partial charge in [0.2, 0.25) is 0 Å². The maximum Gasteiger partial charge on any atom is 0.306 e. The van der Waals surface area contributed by atoms with Gasteiger partial charge in [-0.25, -0.2) is 14.3 Å². The summed E-state index contributed by atoms with van der Waals surface area (Å²) in [7, 11) is -2.22. The Labute approximate surface area is 120 Å². The van der Waals surface area contributed by atoms with Crippen molar-refractivity contribution in [2.24, 2.45) is 17.7 Å². The summed E-state index contributed by atoms with van der Waals surface area (Å²) in [5.74, 6) is 6.08. The second-order valence-corrected chi connectivity index (χ2v) is 8.26. The van der Waals surface area contributed by atoms with Crippen LogP contribution in [-0.2, 0) is 10.0 Å². The third-order valence-corrected chi connectivity index (χ3v) is 6.78. The molecule has 3 N–H and O–H groups in total. The highest BCUT2D eigenvalue weighted by Crippen LogP contribution is 2.41. The van der Waals surface area contributed by atoms with Crippen LogP contribution in [0.25, 0.3) is 0 Å². The molecule has 2 rings (SSSR count). The average molecular weight is 320 g/mol. The van der Waals surface area contributed by atoms with Crippen LogP contribution in [0.4, 0.5) is 10.7 Å². The molecule has 0 spiro atoms. The highest BCUT2D eigenvalue weighted by Gasteiger charge is 2.37. The maximum absolute atomic E-state index is 12.4. The van der Waals surface area contributed by atoms with Crippen LogP contribution < -0.4 is 11.3 Å². The largest absolute Gasteiger partial charge is 0.310 e. The topological polar surface area (TPSA) is 119 Å². The molecule has 0 saturated heterocycles. The monoisotopic (exact) mass is 320 g/mol. The molecule has 1 aromatic heterocycles. The maximum atomic E-state index is 12.4. The summed E-state index contributed by atoms with van der Waals surface area (Å²) in [4.78, 5) is 10.2. The Morgan fingerprint density at radius 1 is 1.65 bits per heavy atom. The van der Waals surface area contributed by atoms with Gasteiger partial charge in [0.15, 0.2) is 5.00 Å². The smallest absolute Gasteiger partial charge is 0.306 e. The molecule has 8 nitrogen and oxygen atoms in total. The van der Waals surface area contributed by atoms with Crippen LogP contribution in [0.3, 0.4) is 0 Å². The number of thiophene rings is 1. The van der Waals surface area contributed by atoms with Crippen LogP contribution in [-0.4, -0.2) is 31.2 Å². The van der Waals surface area contributed by atoms with Crippen LogP contribution in [0.1, 0.15) is 13.3 Å². The van der Waals surface area contributed by atoms with E-state index in [2.05, 4.69) is 12.3 Å². The van der Waals surface area contributed by atoms with E-state index in [0.717, 1.165) is 23.8 Å². The fourth-order valence-corrected chi connectivity index (χ4v) is 4.64. The number of nitro groups is 1. The van der Waals surface area contributed by atoms with Gasteiger partial charge in [0.1, 0.15) is 4.21 Å². The van der Waals surface area contributed by atoms with Crippen LogP contribution in [0.5, 0.6) is 0 Å². The predicted octanol–water partition coefficient (Wildman–Crippen LogP) is 1.22. The molecule has 112 valence electrons. The van der Waals surface area contributed by atoms with Crippen molar-refractivity contribution >= 4 is 32.0 Å². The lowest BCUT2D eigenvalue weighted by Gasteiger charge is -2.15. The number of hydrogen-bond acceptors (Lipinski definition) is 7. The van der Waals surface area contributed by atoms with Crippen molar-refractivity contribution in [3.05, 3.63) is 16.2 Å². The van der Waals surface area contributed by atoms with Gasteiger partial charge in [-0.2, -0.15) is 4.31 Å². The fraction of sp³-hybridized carbons (Fsp3) is 0.600. The summed E-state index contributed by atoms with van der Waals surface area (Å²) in [6.45, 7) is 2.50. The molecule has 0 radical (unpaired) electrons. The van der Waals surface area contributed by atoms with Gasteiger partial charge in [-0.1, -0.05) is 18.3 Å². The van der Waals surface area contributed by atoms with E-state index in [-0.39, 0.29) is 14.9 Å². The van der Waals surface area contributed by atoms with Gasteiger partial charge < -0.3 is 5.43 Å². The summed E-state index contributed by atoms with van der Waals surface area (Å²) in [5, 5.41) is 10.9. The molecular formula is C10H16N4O4S2. The predicted molar refractivity (Wildman–Crippen MR) is 75.9 cm³/mol. The normalized spacial score (nSPS) is 22.0. The van der Waals surface area contributed by atoms with E-state index in [1.54, 1.807) is 0 Å².